The molecule has 324 valence electrons. The highest BCUT2D eigenvalue weighted by molar-refractivity contribution is 6.21. The number of hydrogen-bond acceptors (Lipinski definition) is 6. The second-order valence-electron chi connectivity index (χ2n) is 17.2. The molecule has 7 nitrogen and oxygen atoms in total. The van der Waals surface area contributed by atoms with Gasteiger partial charge in [0.15, 0.2) is 0 Å². The van der Waals surface area contributed by atoms with Crippen LogP contribution in [0.3, 0.4) is 0 Å². The van der Waals surface area contributed by atoms with Crippen molar-refractivity contribution >= 4 is 23.5 Å². The van der Waals surface area contributed by atoms with Crippen molar-refractivity contribution in [1.82, 2.24) is 0 Å². The number of carboxylic acids is 1. The second-order valence-corrected chi connectivity index (χ2v) is 17.7. The average molecular weight is 816 g/mol. The minimum Gasteiger partial charge on any atom is -0.494 e. The molecule has 1 aromatic rings. The third kappa shape index (κ3) is 18.6. The number of halogens is 1. The Morgan fingerprint density at radius 2 is 1.49 bits per heavy atom. The molecule has 0 aromatic heterocycles. The largest absolute Gasteiger partial charge is 0.494 e. The molecule has 0 bridgehead atoms. The van der Waals surface area contributed by atoms with Crippen LogP contribution in [0.25, 0.3) is 0 Å². The lowest BCUT2D eigenvalue weighted by molar-refractivity contribution is -0.143. The summed E-state index contributed by atoms with van der Waals surface area (Å²) in [6.07, 6.45) is 36.9. The fourth-order valence-corrected chi connectivity index (χ4v) is 9.28. The molecule has 0 heterocycles. The number of aromatic carboxylic acids is 1. The number of alkyl halides is 1. The predicted octanol–water partition coefficient (Wildman–Crippen LogP) is 12.7. The number of aliphatic hydroxyl groups is 2. The Morgan fingerprint density at radius 3 is 2.07 bits per heavy atom. The minimum absolute atomic E-state index is 0.0316. The topological polar surface area (TPSA) is 113 Å². The summed E-state index contributed by atoms with van der Waals surface area (Å²) in [6, 6.07) is 5.05. The molecule has 0 aliphatic heterocycles. The molecule has 2 fully saturated rings. The lowest BCUT2D eigenvalue weighted by Crippen LogP contribution is -2.40. The van der Waals surface area contributed by atoms with Crippen LogP contribution in [0.15, 0.2) is 42.5 Å². The van der Waals surface area contributed by atoms with Gasteiger partial charge in [-0.3, -0.25) is 4.79 Å². The number of allylic oxidation sites excluding steroid dienone is 2. The number of ether oxygens (including phenoxy) is 2. The highest BCUT2D eigenvalue weighted by atomic mass is 35.5. The van der Waals surface area contributed by atoms with E-state index >= 15 is 0 Å². The molecule has 0 radical (unpaired) electrons. The summed E-state index contributed by atoms with van der Waals surface area (Å²) in [5.74, 6) is -0.559. The van der Waals surface area contributed by atoms with E-state index in [2.05, 4.69) is 32.1 Å². The lowest BCUT2D eigenvalue weighted by Gasteiger charge is -2.45. The highest BCUT2D eigenvalue weighted by Gasteiger charge is 2.42. The zero-order chi connectivity index (χ0) is 41.1. The number of carbonyl (C=O) groups excluding carboxylic acids is 1. The third-order valence-electron chi connectivity index (χ3n) is 12.9. The molecule has 0 unspecified atom stereocenters. The molecular weight excluding hydrogens is 736 g/mol. The zero-order valence-electron chi connectivity index (χ0n) is 35.8. The summed E-state index contributed by atoms with van der Waals surface area (Å²) in [7, 11) is 0. The van der Waals surface area contributed by atoms with Crippen molar-refractivity contribution in [3.8, 4) is 5.75 Å². The quantitative estimate of drug-likeness (QED) is 0.0280. The average Bonchev–Trinajstić information content (AvgIpc) is 3.44. The van der Waals surface area contributed by atoms with Gasteiger partial charge in [-0.1, -0.05) is 141 Å². The van der Waals surface area contributed by atoms with Crippen LogP contribution in [0, 0.1) is 17.3 Å². The van der Waals surface area contributed by atoms with Crippen molar-refractivity contribution in [2.45, 2.75) is 205 Å². The van der Waals surface area contributed by atoms with Crippen molar-refractivity contribution in [3.05, 3.63) is 53.6 Å². The predicted molar refractivity (Wildman–Crippen MR) is 234 cm³/mol. The molecule has 2 aliphatic rings. The molecule has 57 heavy (non-hydrogen) atoms. The monoisotopic (exact) mass is 815 g/mol. The van der Waals surface area contributed by atoms with Gasteiger partial charge >= 0.3 is 11.9 Å². The smallest absolute Gasteiger partial charge is 0.335 e. The molecule has 1 aromatic carbocycles. The number of benzene rings is 1. The summed E-state index contributed by atoms with van der Waals surface area (Å²) in [4.78, 5) is 24.3. The molecule has 3 rings (SSSR count). The van der Waals surface area contributed by atoms with E-state index in [1.165, 1.54) is 96.3 Å². The first-order valence-corrected chi connectivity index (χ1v) is 23.6. The molecule has 2 saturated carbocycles. The van der Waals surface area contributed by atoms with Crippen LogP contribution in [0.2, 0.25) is 0 Å². The summed E-state index contributed by atoms with van der Waals surface area (Å²) >= 11 is 6.65. The van der Waals surface area contributed by atoms with E-state index in [4.69, 9.17) is 21.1 Å². The van der Waals surface area contributed by atoms with Gasteiger partial charge in [-0.15, -0.1) is 11.6 Å². The van der Waals surface area contributed by atoms with Gasteiger partial charge in [0.2, 0.25) is 0 Å². The Bertz CT molecular complexity index is 1300. The maximum absolute atomic E-state index is 12.5. The number of rotatable bonds is 33. The number of carboxylic acid groups (broad SMARTS) is 1. The van der Waals surface area contributed by atoms with Gasteiger partial charge in [0.05, 0.1) is 31.0 Å². The standard InChI is InChI=1S/C49H79ClO7/c1-3-5-6-7-8-9-10-11-12-13-14-15-16-17-20-23-35-56-40-30-31-41(48(54)55)39(37-40)32-36-57-47(53)29-22-19-18-21-26-42-43(45(51)38-44(42)50)27-24-28-46(52)49(4-2)33-25-34-49/h18,21,24,27,30-31,37,42-46,51-52H,3-17,19-20,22-23,25-26,28-29,32-36,38H2,1-2H3,(H,54,55)/b21-18-,27-24+/t42-,43-,44-,45-,46+/m1/s1. The first-order valence-electron chi connectivity index (χ1n) is 23.2. The molecular formula is C49H79ClO7. The Balaban J connectivity index is 1.24. The van der Waals surface area contributed by atoms with Crippen molar-refractivity contribution in [2.24, 2.45) is 17.3 Å². The van der Waals surface area contributed by atoms with Crippen LogP contribution in [-0.2, 0) is 16.0 Å². The number of carbonyl (C=O) groups is 2. The van der Waals surface area contributed by atoms with E-state index in [1.54, 1.807) is 18.2 Å². The molecule has 0 amide bonds. The van der Waals surface area contributed by atoms with Gasteiger partial charge in [0.1, 0.15) is 5.75 Å². The SMILES string of the molecule is CCCCCCCCCCCCCCCCCCOc1ccc(C(=O)O)c(CCOC(=O)CCC/C=C\C[C@@H]2[C@@H](/C=C/C[C@H](O)C3(CC)CCC3)[C@H](O)C[C@H]2Cl)c1. The van der Waals surface area contributed by atoms with Gasteiger partial charge in [0.25, 0.3) is 0 Å². The Morgan fingerprint density at radius 1 is 0.860 bits per heavy atom. The first-order chi connectivity index (χ1) is 27.7. The first kappa shape index (κ1) is 49.0. The van der Waals surface area contributed by atoms with Crippen LogP contribution in [-0.4, -0.2) is 58.1 Å². The van der Waals surface area contributed by atoms with Crippen LogP contribution >= 0.6 is 11.6 Å². The lowest BCUT2D eigenvalue weighted by atomic mass is 9.63. The van der Waals surface area contributed by atoms with Crippen LogP contribution in [0.1, 0.15) is 197 Å². The molecule has 5 atom stereocenters. The van der Waals surface area contributed by atoms with Crippen LogP contribution < -0.4 is 4.74 Å². The summed E-state index contributed by atoms with van der Waals surface area (Å²) < 4.78 is 11.4. The van der Waals surface area contributed by atoms with Crippen LogP contribution in [0.4, 0.5) is 0 Å². The van der Waals surface area contributed by atoms with Gasteiger partial charge in [-0.05, 0) is 92.9 Å². The van der Waals surface area contributed by atoms with Gasteiger partial charge in [-0.25, -0.2) is 4.79 Å². The van der Waals surface area contributed by atoms with E-state index in [1.807, 2.05) is 6.08 Å². The summed E-state index contributed by atoms with van der Waals surface area (Å²) in [5.41, 5.74) is 0.872. The maximum atomic E-state index is 12.5. The van der Waals surface area contributed by atoms with Crippen molar-refractivity contribution in [1.29, 1.82) is 0 Å². The molecule has 2 aliphatic carbocycles. The van der Waals surface area contributed by atoms with Crippen molar-refractivity contribution in [2.75, 3.05) is 13.2 Å². The third-order valence-corrected chi connectivity index (χ3v) is 13.4. The molecule has 3 N–H and O–H groups in total. The van der Waals surface area contributed by atoms with E-state index in [9.17, 15) is 24.9 Å². The van der Waals surface area contributed by atoms with E-state index < -0.39 is 12.1 Å². The Kier molecular flexibility index (Phi) is 24.9. The van der Waals surface area contributed by atoms with Gasteiger partial charge < -0.3 is 24.8 Å². The second kappa shape index (κ2) is 29.0. The van der Waals surface area contributed by atoms with Crippen LogP contribution in [0.5, 0.6) is 5.75 Å². The van der Waals surface area contributed by atoms with E-state index in [0.717, 1.165) is 44.9 Å². The highest BCUT2D eigenvalue weighted by Crippen LogP contribution is 2.48. The van der Waals surface area contributed by atoms with Crippen molar-refractivity contribution < 1.29 is 34.4 Å². The fraction of sp³-hybridized carbons (Fsp3) is 0.755. The fourth-order valence-electron chi connectivity index (χ4n) is 8.83. The Labute approximate surface area is 351 Å². The molecule has 0 saturated heterocycles. The molecule has 8 heteroatoms. The van der Waals surface area contributed by atoms with Gasteiger partial charge in [-0.2, -0.15) is 0 Å². The zero-order valence-corrected chi connectivity index (χ0v) is 36.5. The molecule has 0 spiro atoms. The minimum atomic E-state index is -1.00. The normalized spacial score (nSPS) is 20.9. The number of hydrogen-bond donors (Lipinski definition) is 3. The van der Waals surface area contributed by atoms with Gasteiger partial charge in [0, 0.05) is 24.1 Å². The van der Waals surface area contributed by atoms with E-state index in [-0.39, 0.29) is 53.3 Å². The van der Waals surface area contributed by atoms with Crippen molar-refractivity contribution in [3.63, 3.8) is 0 Å². The summed E-state index contributed by atoms with van der Waals surface area (Å²) in [5, 5.41) is 31.0. The number of esters is 1. The maximum Gasteiger partial charge on any atom is 0.335 e. The number of aliphatic hydroxyl groups excluding tert-OH is 2. The Hall–Kier alpha value is -2.35. The summed E-state index contributed by atoms with van der Waals surface area (Å²) in [6.45, 7) is 5.15. The number of unbranched alkanes of at least 4 members (excludes halogenated alkanes) is 16. The van der Waals surface area contributed by atoms with E-state index in [0.29, 0.717) is 43.6 Å².